The fraction of sp³-hybridized carbons (Fsp3) is 0.389. The molecule has 0 radical (unpaired) electrons. The lowest BCUT2D eigenvalue weighted by Crippen LogP contribution is -2.34. The average molecular weight is 282 g/mol. The molecular weight excluding hydrogens is 260 g/mol. The van der Waals surface area contributed by atoms with Crippen LogP contribution in [-0.2, 0) is 6.54 Å². The molecule has 1 fully saturated rings. The summed E-state index contributed by atoms with van der Waals surface area (Å²) in [5.74, 6) is 1.36. The van der Waals surface area contributed by atoms with E-state index in [0.717, 1.165) is 18.8 Å². The first-order valence-corrected chi connectivity index (χ1v) is 7.61. The van der Waals surface area contributed by atoms with Gasteiger partial charge < -0.3 is 4.74 Å². The van der Waals surface area contributed by atoms with E-state index in [1.54, 1.807) is 7.11 Å². The van der Waals surface area contributed by atoms with Crippen molar-refractivity contribution >= 4 is 0 Å². The van der Waals surface area contributed by atoms with E-state index in [-0.39, 0.29) is 0 Å². The number of piperidine rings is 1. The Morgan fingerprint density at radius 1 is 1.19 bits per heavy atom. The van der Waals surface area contributed by atoms with Gasteiger partial charge in [0.2, 0.25) is 0 Å². The summed E-state index contributed by atoms with van der Waals surface area (Å²) in [6.45, 7) is 3.31. The summed E-state index contributed by atoms with van der Waals surface area (Å²) in [5, 5.41) is 0. The number of methoxy groups -OCH3 is 1. The molecule has 21 heavy (non-hydrogen) atoms. The zero-order valence-corrected chi connectivity index (χ0v) is 12.5. The van der Waals surface area contributed by atoms with Gasteiger partial charge >= 0.3 is 0 Å². The molecule has 1 aliphatic heterocycles. The lowest BCUT2D eigenvalue weighted by molar-refractivity contribution is 0.198. The molecule has 0 amide bonds. The molecule has 3 heteroatoms. The van der Waals surface area contributed by atoms with Crippen molar-refractivity contribution in [1.29, 1.82) is 0 Å². The third kappa shape index (κ3) is 3.61. The van der Waals surface area contributed by atoms with Crippen LogP contribution in [0.1, 0.15) is 30.0 Å². The van der Waals surface area contributed by atoms with Crippen LogP contribution in [0.2, 0.25) is 0 Å². The third-order valence-corrected chi connectivity index (χ3v) is 4.17. The Bertz CT molecular complexity index is 553. The summed E-state index contributed by atoms with van der Waals surface area (Å²) in [4.78, 5) is 7.10. The molecule has 3 rings (SSSR count). The molecule has 3 nitrogen and oxygen atoms in total. The topological polar surface area (TPSA) is 25.4 Å². The third-order valence-electron chi connectivity index (χ3n) is 4.17. The Labute approximate surface area is 126 Å². The molecule has 0 spiro atoms. The Hall–Kier alpha value is -1.87. The van der Waals surface area contributed by atoms with E-state index in [0.29, 0.717) is 5.92 Å². The fourth-order valence-corrected chi connectivity index (χ4v) is 3.04. The van der Waals surface area contributed by atoms with Crippen LogP contribution in [0.4, 0.5) is 0 Å². The minimum atomic E-state index is 0.536. The molecule has 1 saturated heterocycles. The van der Waals surface area contributed by atoms with E-state index in [1.807, 2.05) is 12.3 Å². The van der Waals surface area contributed by atoms with Crippen LogP contribution in [0.3, 0.4) is 0 Å². The van der Waals surface area contributed by atoms with Crippen molar-refractivity contribution in [2.45, 2.75) is 25.3 Å². The van der Waals surface area contributed by atoms with Gasteiger partial charge in [-0.1, -0.05) is 30.3 Å². The molecule has 1 aliphatic rings. The summed E-state index contributed by atoms with van der Waals surface area (Å²) in [6, 6.07) is 14.8. The van der Waals surface area contributed by atoms with Gasteiger partial charge in [0.1, 0.15) is 5.75 Å². The van der Waals surface area contributed by atoms with Gasteiger partial charge in [0.25, 0.3) is 0 Å². The SMILES string of the molecule is COc1ccc(C2CCCN(Cc3ccccc3)C2)nc1. The van der Waals surface area contributed by atoms with Crippen LogP contribution in [0.5, 0.6) is 5.75 Å². The molecule has 110 valence electrons. The molecule has 0 aliphatic carbocycles. The second kappa shape index (κ2) is 6.72. The maximum absolute atomic E-state index is 5.18. The van der Waals surface area contributed by atoms with E-state index in [4.69, 9.17) is 4.74 Å². The van der Waals surface area contributed by atoms with Gasteiger partial charge in [-0.3, -0.25) is 9.88 Å². The first kappa shape index (κ1) is 14.1. The van der Waals surface area contributed by atoms with E-state index in [9.17, 15) is 0 Å². The van der Waals surface area contributed by atoms with E-state index in [2.05, 4.69) is 46.3 Å². The largest absolute Gasteiger partial charge is 0.495 e. The highest BCUT2D eigenvalue weighted by Gasteiger charge is 2.22. The number of rotatable bonds is 4. The number of hydrogen-bond donors (Lipinski definition) is 0. The zero-order chi connectivity index (χ0) is 14.5. The number of pyridine rings is 1. The molecule has 1 atom stereocenters. The Morgan fingerprint density at radius 3 is 2.76 bits per heavy atom. The monoisotopic (exact) mass is 282 g/mol. The maximum atomic E-state index is 5.18. The number of nitrogens with zero attached hydrogens (tertiary/aromatic N) is 2. The van der Waals surface area contributed by atoms with Crippen LogP contribution < -0.4 is 4.74 Å². The first-order chi connectivity index (χ1) is 10.3. The van der Waals surface area contributed by atoms with Gasteiger partial charge in [-0.2, -0.15) is 0 Å². The minimum absolute atomic E-state index is 0.536. The van der Waals surface area contributed by atoms with Crippen molar-refractivity contribution in [1.82, 2.24) is 9.88 Å². The predicted molar refractivity (Wildman–Crippen MR) is 84.5 cm³/mol. The molecule has 0 saturated carbocycles. The maximum Gasteiger partial charge on any atom is 0.137 e. The molecule has 1 unspecified atom stereocenters. The van der Waals surface area contributed by atoms with Gasteiger partial charge in [0.05, 0.1) is 13.3 Å². The van der Waals surface area contributed by atoms with Crippen molar-refractivity contribution in [3.8, 4) is 5.75 Å². The summed E-state index contributed by atoms with van der Waals surface area (Å²) in [6.07, 6.45) is 4.29. The summed E-state index contributed by atoms with van der Waals surface area (Å²) < 4.78 is 5.18. The number of hydrogen-bond acceptors (Lipinski definition) is 3. The minimum Gasteiger partial charge on any atom is -0.495 e. The van der Waals surface area contributed by atoms with Crippen molar-refractivity contribution in [3.05, 3.63) is 59.9 Å². The van der Waals surface area contributed by atoms with Gasteiger partial charge in [0, 0.05) is 24.7 Å². The van der Waals surface area contributed by atoms with Gasteiger partial charge in [-0.15, -0.1) is 0 Å². The highest BCUT2D eigenvalue weighted by molar-refractivity contribution is 5.22. The average Bonchev–Trinajstić information content (AvgIpc) is 2.56. The smallest absolute Gasteiger partial charge is 0.137 e. The zero-order valence-electron chi connectivity index (χ0n) is 12.5. The van der Waals surface area contributed by atoms with E-state index < -0.39 is 0 Å². The summed E-state index contributed by atoms with van der Waals surface area (Å²) in [5.41, 5.74) is 2.58. The molecule has 0 N–H and O–H groups in total. The second-order valence-electron chi connectivity index (χ2n) is 5.68. The Balaban J connectivity index is 1.64. The fourth-order valence-electron chi connectivity index (χ4n) is 3.04. The highest BCUT2D eigenvalue weighted by Crippen LogP contribution is 2.27. The molecular formula is C18H22N2O. The van der Waals surface area contributed by atoms with Gasteiger partial charge in [0.15, 0.2) is 0 Å². The van der Waals surface area contributed by atoms with Crippen LogP contribution in [0.15, 0.2) is 48.7 Å². The van der Waals surface area contributed by atoms with Crippen LogP contribution >= 0.6 is 0 Å². The van der Waals surface area contributed by atoms with Crippen LogP contribution in [0.25, 0.3) is 0 Å². The number of benzene rings is 1. The number of likely N-dealkylation sites (tertiary alicyclic amines) is 1. The van der Waals surface area contributed by atoms with Crippen molar-refractivity contribution in [3.63, 3.8) is 0 Å². The normalized spacial score (nSPS) is 19.4. The van der Waals surface area contributed by atoms with Crippen molar-refractivity contribution in [2.24, 2.45) is 0 Å². The lowest BCUT2D eigenvalue weighted by atomic mass is 9.94. The summed E-state index contributed by atoms with van der Waals surface area (Å²) in [7, 11) is 1.68. The predicted octanol–water partition coefficient (Wildman–Crippen LogP) is 3.47. The second-order valence-corrected chi connectivity index (χ2v) is 5.68. The molecule has 2 heterocycles. The van der Waals surface area contributed by atoms with Crippen molar-refractivity contribution < 1.29 is 4.74 Å². The molecule has 0 bridgehead atoms. The summed E-state index contributed by atoms with van der Waals surface area (Å²) >= 11 is 0. The Kier molecular flexibility index (Phi) is 4.51. The Morgan fingerprint density at radius 2 is 2.05 bits per heavy atom. The molecule has 2 aromatic rings. The van der Waals surface area contributed by atoms with Crippen LogP contribution in [0, 0.1) is 0 Å². The molecule has 1 aromatic carbocycles. The highest BCUT2D eigenvalue weighted by atomic mass is 16.5. The number of ether oxygens (including phenoxy) is 1. The standard InChI is InChI=1S/C18H22N2O/c1-21-17-9-10-18(19-12-17)16-8-5-11-20(14-16)13-15-6-3-2-4-7-15/h2-4,6-7,9-10,12,16H,5,8,11,13-14H2,1H3. The quantitative estimate of drug-likeness (QED) is 0.858. The van der Waals surface area contributed by atoms with Crippen LogP contribution in [-0.4, -0.2) is 30.1 Å². The van der Waals surface area contributed by atoms with E-state index >= 15 is 0 Å². The lowest BCUT2D eigenvalue weighted by Gasteiger charge is -2.32. The van der Waals surface area contributed by atoms with E-state index in [1.165, 1.54) is 30.6 Å². The number of aromatic nitrogens is 1. The molecule has 1 aromatic heterocycles. The van der Waals surface area contributed by atoms with Crippen molar-refractivity contribution in [2.75, 3.05) is 20.2 Å². The first-order valence-electron chi connectivity index (χ1n) is 7.61. The van der Waals surface area contributed by atoms with Gasteiger partial charge in [-0.25, -0.2) is 0 Å². The van der Waals surface area contributed by atoms with Gasteiger partial charge in [-0.05, 0) is 37.1 Å².